The van der Waals surface area contributed by atoms with E-state index in [9.17, 15) is 4.79 Å². The molecule has 2 nitrogen and oxygen atoms in total. The molecule has 1 aromatic carbocycles. The molecule has 1 N–H and O–H groups in total. The lowest BCUT2D eigenvalue weighted by Crippen LogP contribution is -2.36. The van der Waals surface area contributed by atoms with Crippen LogP contribution < -0.4 is 5.32 Å². The molecule has 0 saturated heterocycles. The Bertz CT molecular complexity index is 456. The van der Waals surface area contributed by atoms with Crippen LogP contribution in [0.15, 0.2) is 12.1 Å². The summed E-state index contributed by atoms with van der Waals surface area (Å²) >= 11 is 6.81. The second kappa shape index (κ2) is 7.05. The number of amides is 1. The first-order valence-electron chi connectivity index (χ1n) is 6.03. The first kappa shape index (κ1) is 15.3. The zero-order valence-electron chi connectivity index (χ0n) is 9.81. The maximum Gasteiger partial charge on any atom is 0.252 e. The van der Waals surface area contributed by atoms with Gasteiger partial charge in [0.05, 0.1) is 5.56 Å². The second-order valence-corrected chi connectivity index (χ2v) is 8.04. The highest BCUT2D eigenvalue weighted by atomic mass is 127. The van der Waals surface area contributed by atoms with E-state index in [0.717, 1.165) is 29.1 Å². The third kappa shape index (κ3) is 3.94. The van der Waals surface area contributed by atoms with Crippen molar-refractivity contribution in [1.29, 1.82) is 0 Å². The van der Waals surface area contributed by atoms with Crippen LogP contribution in [0.2, 0.25) is 0 Å². The molecule has 1 aliphatic rings. The van der Waals surface area contributed by atoms with Crippen LogP contribution in [0.3, 0.4) is 0 Å². The molecule has 1 fully saturated rings. The summed E-state index contributed by atoms with van der Waals surface area (Å²) < 4.78 is 3.32. The van der Waals surface area contributed by atoms with Crippen LogP contribution in [-0.4, -0.2) is 11.9 Å². The molecule has 1 aliphatic carbocycles. The van der Waals surface area contributed by atoms with Crippen molar-refractivity contribution in [2.24, 2.45) is 0 Å². The quantitative estimate of drug-likeness (QED) is 0.403. The third-order valence-corrected chi connectivity index (χ3v) is 6.85. The highest BCUT2D eigenvalue weighted by molar-refractivity contribution is 14.1. The van der Waals surface area contributed by atoms with Gasteiger partial charge in [-0.1, -0.05) is 19.3 Å². The molecule has 0 bridgehead atoms. The fourth-order valence-electron chi connectivity index (χ4n) is 2.23. The van der Waals surface area contributed by atoms with Gasteiger partial charge in [0.15, 0.2) is 0 Å². The summed E-state index contributed by atoms with van der Waals surface area (Å²) in [6.07, 6.45) is 6.05. The van der Waals surface area contributed by atoms with Crippen LogP contribution in [0.4, 0.5) is 0 Å². The Hall–Kier alpha value is 0.880. The maximum atomic E-state index is 12.3. The molecular weight excluding hydrogens is 567 g/mol. The minimum Gasteiger partial charge on any atom is -0.349 e. The number of hydrogen-bond acceptors (Lipinski definition) is 1. The first-order valence-corrected chi connectivity index (χ1v) is 9.27. The molecule has 98 valence electrons. The van der Waals surface area contributed by atoms with Crippen LogP contribution in [0, 0.1) is 10.7 Å². The van der Waals surface area contributed by atoms with E-state index < -0.39 is 0 Å². The normalized spacial score (nSPS) is 16.6. The average Bonchev–Trinajstić information content (AvgIpc) is 2.35. The van der Waals surface area contributed by atoms with Crippen LogP contribution in [-0.2, 0) is 0 Å². The van der Waals surface area contributed by atoms with Crippen LogP contribution >= 0.6 is 67.8 Å². The summed E-state index contributed by atoms with van der Waals surface area (Å²) in [4.78, 5) is 12.3. The predicted octanol–water partition coefficient (Wildman–Crippen LogP) is 4.56. The zero-order valence-corrected chi connectivity index (χ0v) is 16.3. The molecule has 1 saturated carbocycles. The largest absolute Gasteiger partial charge is 0.349 e. The molecule has 18 heavy (non-hydrogen) atoms. The monoisotopic (exact) mass is 581 g/mol. The highest BCUT2D eigenvalue weighted by Gasteiger charge is 2.19. The Balaban J connectivity index is 2.13. The van der Waals surface area contributed by atoms with Gasteiger partial charge in [0.2, 0.25) is 0 Å². The number of carbonyl (C=O) groups excluding carboxylic acids is 1. The van der Waals surface area contributed by atoms with Gasteiger partial charge < -0.3 is 5.32 Å². The van der Waals surface area contributed by atoms with E-state index >= 15 is 0 Å². The summed E-state index contributed by atoms with van der Waals surface area (Å²) in [6.45, 7) is 0. The van der Waals surface area contributed by atoms with E-state index in [4.69, 9.17) is 0 Å². The van der Waals surface area contributed by atoms with Gasteiger partial charge in [0, 0.05) is 16.8 Å². The van der Waals surface area contributed by atoms with E-state index in [1.54, 1.807) is 0 Å². The van der Waals surface area contributed by atoms with E-state index in [-0.39, 0.29) is 5.91 Å². The van der Waals surface area contributed by atoms with E-state index in [1.165, 1.54) is 19.3 Å². The molecule has 0 spiro atoms. The number of carbonyl (C=O) groups is 1. The molecule has 5 heteroatoms. The Morgan fingerprint density at radius 2 is 1.78 bits per heavy atom. The van der Waals surface area contributed by atoms with Crippen molar-refractivity contribution in [2.75, 3.05) is 0 Å². The number of benzene rings is 1. The van der Waals surface area contributed by atoms with Crippen LogP contribution in [0.1, 0.15) is 42.5 Å². The SMILES string of the molecule is O=C(NC1CCCCC1)c1cc(I)cc(I)c1I. The van der Waals surface area contributed by atoms with Gasteiger partial charge in [-0.15, -0.1) is 0 Å². The fraction of sp³-hybridized carbons (Fsp3) is 0.462. The van der Waals surface area contributed by atoms with Crippen molar-refractivity contribution in [1.82, 2.24) is 5.32 Å². The molecule has 1 aromatic rings. The zero-order chi connectivity index (χ0) is 13.1. The Labute approximate surface area is 148 Å². The van der Waals surface area contributed by atoms with Gasteiger partial charge in [0.1, 0.15) is 0 Å². The van der Waals surface area contributed by atoms with Gasteiger partial charge in [0.25, 0.3) is 5.91 Å². The maximum absolute atomic E-state index is 12.3. The molecule has 0 radical (unpaired) electrons. The molecule has 1 amide bonds. The van der Waals surface area contributed by atoms with Crippen molar-refractivity contribution in [3.8, 4) is 0 Å². The number of halogens is 3. The van der Waals surface area contributed by atoms with E-state index in [1.807, 2.05) is 6.07 Å². The van der Waals surface area contributed by atoms with Crippen LogP contribution in [0.5, 0.6) is 0 Å². The number of hydrogen-bond donors (Lipinski definition) is 1. The third-order valence-electron chi connectivity index (χ3n) is 3.18. The second-order valence-electron chi connectivity index (χ2n) is 4.56. The van der Waals surface area contributed by atoms with Gasteiger partial charge in [-0.25, -0.2) is 0 Å². The smallest absolute Gasteiger partial charge is 0.252 e. The Kier molecular flexibility index (Phi) is 5.98. The molecule has 0 aromatic heterocycles. The summed E-state index contributed by atoms with van der Waals surface area (Å²) in [5, 5.41) is 3.18. The number of nitrogens with one attached hydrogen (secondary N) is 1. The van der Waals surface area contributed by atoms with Crippen LogP contribution in [0.25, 0.3) is 0 Å². The van der Waals surface area contributed by atoms with Crippen molar-refractivity contribution in [3.05, 3.63) is 28.4 Å². The van der Waals surface area contributed by atoms with Crippen molar-refractivity contribution >= 4 is 73.7 Å². The average molecular weight is 581 g/mol. The summed E-state index contributed by atoms with van der Waals surface area (Å²) in [6, 6.07) is 4.45. The topological polar surface area (TPSA) is 29.1 Å². The molecule has 2 rings (SSSR count). The van der Waals surface area contributed by atoms with Crippen molar-refractivity contribution in [3.63, 3.8) is 0 Å². The Morgan fingerprint density at radius 3 is 2.44 bits per heavy atom. The van der Waals surface area contributed by atoms with Crippen molar-refractivity contribution in [2.45, 2.75) is 38.1 Å². The van der Waals surface area contributed by atoms with E-state index in [2.05, 4.69) is 79.2 Å². The highest BCUT2D eigenvalue weighted by Crippen LogP contribution is 2.24. The number of rotatable bonds is 2. The van der Waals surface area contributed by atoms with Gasteiger partial charge >= 0.3 is 0 Å². The van der Waals surface area contributed by atoms with Gasteiger partial charge in [-0.05, 0) is 92.7 Å². The van der Waals surface area contributed by atoms with Gasteiger partial charge in [-0.3, -0.25) is 4.79 Å². The Morgan fingerprint density at radius 1 is 1.11 bits per heavy atom. The van der Waals surface area contributed by atoms with Crippen molar-refractivity contribution < 1.29 is 4.79 Å². The van der Waals surface area contributed by atoms with Gasteiger partial charge in [-0.2, -0.15) is 0 Å². The molecule has 0 aliphatic heterocycles. The minimum atomic E-state index is 0.0859. The standard InChI is InChI=1S/C13H14I3NO/c14-8-6-10(12(16)11(15)7-8)13(18)17-9-4-2-1-3-5-9/h6-7,9H,1-5H2,(H,17,18). The fourth-order valence-corrected chi connectivity index (χ4v) is 4.63. The summed E-state index contributed by atoms with van der Waals surface area (Å²) in [5.74, 6) is 0.0859. The minimum absolute atomic E-state index is 0.0859. The molecular formula is C13H14I3NO. The molecule has 0 unspecified atom stereocenters. The summed E-state index contributed by atoms with van der Waals surface area (Å²) in [5.41, 5.74) is 0.817. The first-order chi connectivity index (χ1) is 8.58. The lowest BCUT2D eigenvalue weighted by molar-refractivity contribution is 0.0926. The lowest BCUT2D eigenvalue weighted by atomic mass is 9.95. The lowest BCUT2D eigenvalue weighted by Gasteiger charge is -2.23. The molecule has 0 atom stereocenters. The predicted molar refractivity (Wildman–Crippen MR) is 98.9 cm³/mol. The van der Waals surface area contributed by atoms with E-state index in [0.29, 0.717) is 6.04 Å². The summed E-state index contributed by atoms with van der Waals surface area (Å²) in [7, 11) is 0. The molecule has 0 heterocycles.